The summed E-state index contributed by atoms with van der Waals surface area (Å²) in [5.41, 5.74) is 1.29. The third-order valence-corrected chi connectivity index (χ3v) is 6.68. The van der Waals surface area contributed by atoms with Gasteiger partial charge < -0.3 is 24.4 Å². The summed E-state index contributed by atoms with van der Waals surface area (Å²) in [4.78, 5) is 12.1. The van der Waals surface area contributed by atoms with E-state index in [2.05, 4.69) is 37.1 Å². The van der Waals surface area contributed by atoms with Gasteiger partial charge in [0, 0.05) is 58.9 Å². The van der Waals surface area contributed by atoms with Gasteiger partial charge in [-0.15, -0.1) is 0 Å². The molecule has 8 nitrogen and oxygen atoms in total. The van der Waals surface area contributed by atoms with E-state index < -0.39 is 0 Å². The Balaban J connectivity index is 1.39. The molecule has 4 rings (SSSR count). The van der Waals surface area contributed by atoms with Crippen molar-refractivity contribution < 1.29 is 14.2 Å². The van der Waals surface area contributed by atoms with Crippen LogP contribution in [0.25, 0.3) is 0 Å². The lowest BCUT2D eigenvalue weighted by atomic mass is 10.0. The van der Waals surface area contributed by atoms with Crippen molar-refractivity contribution >= 4 is 5.96 Å². The average molecular weight is 432 g/mol. The highest BCUT2D eigenvalue weighted by Gasteiger charge is 2.31. The second-order valence-corrected chi connectivity index (χ2v) is 8.40. The fourth-order valence-corrected chi connectivity index (χ4v) is 4.87. The molecule has 0 spiro atoms. The monoisotopic (exact) mass is 431 g/mol. The van der Waals surface area contributed by atoms with Crippen molar-refractivity contribution in [1.29, 1.82) is 0 Å². The highest BCUT2D eigenvalue weighted by molar-refractivity contribution is 5.80. The number of benzene rings is 1. The van der Waals surface area contributed by atoms with Crippen molar-refractivity contribution in [3.05, 3.63) is 29.8 Å². The quantitative estimate of drug-likeness (QED) is 0.534. The molecule has 0 aliphatic carbocycles. The van der Waals surface area contributed by atoms with Gasteiger partial charge in [0.1, 0.15) is 5.75 Å². The maximum absolute atomic E-state index is 5.59. The maximum atomic E-state index is 5.59. The van der Waals surface area contributed by atoms with Gasteiger partial charge in [-0.3, -0.25) is 14.8 Å². The topological polar surface area (TPSA) is 61.8 Å². The molecule has 172 valence electrons. The highest BCUT2D eigenvalue weighted by atomic mass is 16.5. The molecular formula is C23H37N5O3. The number of guanidine groups is 1. The molecule has 31 heavy (non-hydrogen) atoms. The smallest absolute Gasteiger partial charge is 0.193 e. The standard InChI is InChI=1S/C23H37N5O3/c1-24-23(28-8-7-20(18-28)26-9-13-30-14-10-26)25-17-22(27-11-15-31-16-12-27)19-3-5-21(29-2)6-4-19/h3-6,20,22H,7-18H2,1-2H3,(H,24,25). The zero-order chi connectivity index (χ0) is 21.5. The predicted molar refractivity (Wildman–Crippen MR) is 122 cm³/mol. The van der Waals surface area contributed by atoms with Gasteiger partial charge in [-0.05, 0) is 24.1 Å². The molecule has 3 fully saturated rings. The van der Waals surface area contributed by atoms with Crippen LogP contribution in [0, 0.1) is 0 Å². The third-order valence-electron chi connectivity index (χ3n) is 6.68. The van der Waals surface area contributed by atoms with Crippen LogP contribution in [0.2, 0.25) is 0 Å². The van der Waals surface area contributed by atoms with E-state index in [0.717, 1.165) is 83.9 Å². The van der Waals surface area contributed by atoms with Gasteiger partial charge in [-0.25, -0.2) is 0 Å². The van der Waals surface area contributed by atoms with Crippen molar-refractivity contribution in [2.45, 2.75) is 18.5 Å². The lowest BCUT2D eigenvalue weighted by Gasteiger charge is -2.36. The van der Waals surface area contributed by atoms with Crippen molar-refractivity contribution in [3.8, 4) is 5.75 Å². The van der Waals surface area contributed by atoms with Crippen LogP contribution in [-0.4, -0.2) is 113 Å². The van der Waals surface area contributed by atoms with Crippen molar-refractivity contribution in [1.82, 2.24) is 20.0 Å². The molecule has 2 unspecified atom stereocenters. The lowest BCUT2D eigenvalue weighted by Crippen LogP contribution is -2.48. The fraction of sp³-hybridized carbons (Fsp3) is 0.696. The van der Waals surface area contributed by atoms with E-state index in [-0.39, 0.29) is 6.04 Å². The number of nitrogens with one attached hydrogen (secondary N) is 1. The largest absolute Gasteiger partial charge is 0.497 e. The van der Waals surface area contributed by atoms with Gasteiger partial charge in [-0.2, -0.15) is 0 Å². The lowest BCUT2D eigenvalue weighted by molar-refractivity contribution is 0.0167. The summed E-state index contributed by atoms with van der Waals surface area (Å²) in [6.45, 7) is 10.2. The van der Waals surface area contributed by atoms with E-state index in [1.165, 1.54) is 12.0 Å². The first kappa shape index (κ1) is 22.3. The molecule has 3 heterocycles. The normalized spacial score (nSPS) is 24.9. The number of aliphatic imine (C=N–C) groups is 1. The number of morpholine rings is 2. The van der Waals surface area contributed by atoms with E-state index in [1.54, 1.807) is 7.11 Å². The van der Waals surface area contributed by atoms with Crippen LogP contribution >= 0.6 is 0 Å². The average Bonchev–Trinajstić information content (AvgIpc) is 3.33. The zero-order valence-electron chi connectivity index (χ0n) is 19.0. The summed E-state index contributed by atoms with van der Waals surface area (Å²) < 4.78 is 16.5. The molecule has 0 aromatic heterocycles. The van der Waals surface area contributed by atoms with Gasteiger partial charge >= 0.3 is 0 Å². The number of hydrogen-bond acceptors (Lipinski definition) is 6. The molecule has 2 atom stereocenters. The van der Waals surface area contributed by atoms with Crippen molar-refractivity contribution in [3.63, 3.8) is 0 Å². The summed E-state index contributed by atoms with van der Waals surface area (Å²) in [7, 11) is 3.60. The summed E-state index contributed by atoms with van der Waals surface area (Å²) >= 11 is 0. The Morgan fingerprint density at radius 3 is 2.39 bits per heavy atom. The summed E-state index contributed by atoms with van der Waals surface area (Å²) in [5.74, 6) is 1.89. The van der Waals surface area contributed by atoms with Crippen molar-refractivity contribution in [2.75, 3.05) is 86.4 Å². The van der Waals surface area contributed by atoms with E-state index in [0.29, 0.717) is 6.04 Å². The molecule has 0 radical (unpaired) electrons. The second-order valence-electron chi connectivity index (χ2n) is 8.40. The van der Waals surface area contributed by atoms with E-state index in [9.17, 15) is 0 Å². The van der Waals surface area contributed by atoms with E-state index in [1.807, 2.05) is 19.2 Å². The van der Waals surface area contributed by atoms with Gasteiger partial charge in [0.15, 0.2) is 5.96 Å². The Morgan fingerprint density at radius 1 is 1.06 bits per heavy atom. The van der Waals surface area contributed by atoms with Crippen LogP contribution < -0.4 is 10.1 Å². The molecule has 1 aromatic rings. The molecule has 1 N–H and O–H groups in total. The SMILES string of the molecule is CN=C(NCC(c1ccc(OC)cc1)N1CCOCC1)N1CCC(N2CCOCC2)C1. The minimum atomic E-state index is 0.268. The first-order valence-corrected chi connectivity index (χ1v) is 11.5. The Morgan fingerprint density at radius 2 is 1.74 bits per heavy atom. The van der Waals surface area contributed by atoms with Gasteiger partial charge in [-0.1, -0.05) is 12.1 Å². The summed E-state index contributed by atoms with van der Waals surface area (Å²) in [6.07, 6.45) is 1.19. The number of likely N-dealkylation sites (tertiary alicyclic amines) is 1. The Bertz CT molecular complexity index is 702. The van der Waals surface area contributed by atoms with Crippen LogP contribution in [-0.2, 0) is 9.47 Å². The molecule has 0 saturated carbocycles. The molecule has 3 saturated heterocycles. The van der Waals surface area contributed by atoms with Crippen LogP contribution in [0.3, 0.4) is 0 Å². The number of hydrogen-bond donors (Lipinski definition) is 1. The number of rotatable bonds is 6. The van der Waals surface area contributed by atoms with E-state index >= 15 is 0 Å². The van der Waals surface area contributed by atoms with Crippen LogP contribution in [0.4, 0.5) is 0 Å². The maximum Gasteiger partial charge on any atom is 0.193 e. The Labute approximate surface area is 186 Å². The zero-order valence-corrected chi connectivity index (χ0v) is 19.0. The van der Waals surface area contributed by atoms with Crippen molar-refractivity contribution in [2.24, 2.45) is 4.99 Å². The van der Waals surface area contributed by atoms with Crippen LogP contribution in [0.5, 0.6) is 5.75 Å². The second kappa shape index (κ2) is 11.1. The molecule has 8 heteroatoms. The van der Waals surface area contributed by atoms with Crippen LogP contribution in [0.1, 0.15) is 18.0 Å². The predicted octanol–water partition coefficient (Wildman–Crippen LogP) is 1.05. The van der Waals surface area contributed by atoms with Gasteiger partial charge in [0.2, 0.25) is 0 Å². The summed E-state index contributed by atoms with van der Waals surface area (Å²) in [5, 5.41) is 3.68. The molecule has 3 aliphatic rings. The molecule has 0 bridgehead atoms. The summed E-state index contributed by atoms with van der Waals surface area (Å²) in [6, 6.07) is 9.31. The molecule has 0 amide bonds. The highest BCUT2D eigenvalue weighted by Crippen LogP contribution is 2.24. The van der Waals surface area contributed by atoms with Crippen LogP contribution in [0.15, 0.2) is 29.3 Å². The Kier molecular flexibility index (Phi) is 8.02. The number of ether oxygens (including phenoxy) is 3. The first-order chi connectivity index (χ1) is 15.3. The van der Waals surface area contributed by atoms with Gasteiger partial charge in [0.25, 0.3) is 0 Å². The molecular weight excluding hydrogens is 394 g/mol. The minimum absolute atomic E-state index is 0.268. The minimum Gasteiger partial charge on any atom is -0.497 e. The fourth-order valence-electron chi connectivity index (χ4n) is 4.87. The third kappa shape index (κ3) is 5.68. The Hall–Kier alpha value is -1.87. The molecule has 1 aromatic carbocycles. The van der Waals surface area contributed by atoms with E-state index in [4.69, 9.17) is 14.2 Å². The number of nitrogens with zero attached hydrogens (tertiary/aromatic N) is 4. The first-order valence-electron chi connectivity index (χ1n) is 11.5. The molecule has 3 aliphatic heterocycles. The van der Waals surface area contributed by atoms with Gasteiger partial charge in [0.05, 0.1) is 39.6 Å². The number of methoxy groups -OCH3 is 1.